The molecule has 6 atom stereocenters. The number of allylic oxidation sites excluding steroid dienone is 3. The minimum absolute atomic E-state index is 0.388. The molecule has 0 aromatic heterocycles. The number of aliphatic hydroxyl groups excluding tert-OH is 2. The van der Waals surface area contributed by atoms with Crippen LogP contribution >= 0.6 is 0 Å². The lowest BCUT2D eigenvalue weighted by Crippen LogP contribution is -2.36. The minimum atomic E-state index is -0.545. The molecule has 0 radical (unpaired) electrons. The van der Waals surface area contributed by atoms with E-state index in [-0.39, 0.29) is 12.2 Å². The zero-order valence-corrected chi connectivity index (χ0v) is 19.2. The molecule has 0 amide bonds. The van der Waals surface area contributed by atoms with Gasteiger partial charge in [-0.25, -0.2) is 0 Å². The van der Waals surface area contributed by atoms with Crippen LogP contribution in [0.15, 0.2) is 23.3 Å². The molecule has 0 bridgehead atoms. The number of hydrogen-bond donors (Lipinski definition) is 3. The summed E-state index contributed by atoms with van der Waals surface area (Å²) in [4.78, 5) is 0. The Kier molecular flexibility index (Phi) is 7.34. The molecule has 3 aliphatic carbocycles. The summed E-state index contributed by atoms with van der Waals surface area (Å²) >= 11 is 0. The first-order valence-corrected chi connectivity index (χ1v) is 12.1. The average Bonchev–Trinajstić information content (AvgIpc) is 2.95. The van der Waals surface area contributed by atoms with Crippen LogP contribution in [0, 0.1) is 23.2 Å². The summed E-state index contributed by atoms with van der Waals surface area (Å²) < 4.78 is 0. The topological polar surface area (TPSA) is 60.7 Å². The van der Waals surface area contributed by atoms with E-state index in [0.717, 1.165) is 18.8 Å². The molecule has 3 nitrogen and oxygen atoms in total. The maximum absolute atomic E-state index is 10.0. The maximum atomic E-state index is 10.0. The molecule has 0 spiro atoms. The molecule has 3 rings (SSSR count). The lowest BCUT2D eigenvalue weighted by Gasteiger charge is -2.44. The normalized spacial score (nSPS) is 39.7. The molecule has 0 aromatic rings. The van der Waals surface area contributed by atoms with Gasteiger partial charge in [-0.05, 0) is 94.8 Å². The van der Waals surface area contributed by atoms with E-state index in [2.05, 4.69) is 26.0 Å². The van der Waals surface area contributed by atoms with Gasteiger partial charge in [0.15, 0.2) is 0 Å². The number of hydrogen-bond acceptors (Lipinski definition) is 3. The Balaban J connectivity index is 1.66. The second-order valence-corrected chi connectivity index (χ2v) is 11.3. The summed E-state index contributed by atoms with van der Waals surface area (Å²) in [5.41, 5.74) is 2.66. The quantitative estimate of drug-likeness (QED) is 0.545. The van der Waals surface area contributed by atoms with Crippen LogP contribution in [0.4, 0.5) is 0 Å². The van der Waals surface area contributed by atoms with Crippen LogP contribution in [0.25, 0.3) is 0 Å². The zero-order chi connectivity index (χ0) is 21.2. The van der Waals surface area contributed by atoms with E-state index in [1.54, 1.807) is 5.57 Å². The van der Waals surface area contributed by atoms with Crippen molar-refractivity contribution in [3.63, 3.8) is 0 Å². The van der Waals surface area contributed by atoms with Gasteiger partial charge in [-0.1, -0.05) is 50.0 Å². The Morgan fingerprint density at radius 3 is 2.48 bits per heavy atom. The third kappa shape index (κ3) is 5.74. The van der Waals surface area contributed by atoms with Crippen LogP contribution in [0.2, 0.25) is 0 Å². The fourth-order valence-corrected chi connectivity index (χ4v) is 6.80. The molecule has 3 fully saturated rings. The summed E-state index contributed by atoms with van der Waals surface area (Å²) in [6, 6.07) is 0. The highest BCUT2D eigenvalue weighted by molar-refractivity contribution is 5.26. The number of fused-ring (bicyclic) bond motifs is 1. The number of aliphatic hydroxyl groups is 3. The predicted molar refractivity (Wildman–Crippen MR) is 120 cm³/mol. The molecular weight excluding hydrogens is 360 g/mol. The van der Waals surface area contributed by atoms with E-state index in [1.165, 1.54) is 44.1 Å². The third-order valence-corrected chi connectivity index (χ3v) is 8.25. The smallest absolute Gasteiger partial charge is 0.0602 e. The highest BCUT2D eigenvalue weighted by Crippen LogP contribution is 2.59. The standard InChI is InChI=1S/C26H44O3/c1-18(7-5-13-25(2,3)29)23-11-12-24-20(8-6-14-26(23,24)4)10-9-19-15-21(27)17-22(28)16-19/h9-10,18,21-24,27-29H,5-8,11-17H2,1-4H3/b19-9-,20-10+/t18-,21-,22?,23-,24+,26-/m1/s1. The van der Waals surface area contributed by atoms with E-state index in [4.69, 9.17) is 0 Å². The molecule has 1 unspecified atom stereocenters. The van der Waals surface area contributed by atoms with Crippen LogP contribution in [0.3, 0.4) is 0 Å². The summed E-state index contributed by atoms with van der Waals surface area (Å²) in [6.45, 7) is 8.81. The van der Waals surface area contributed by atoms with E-state index in [9.17, 15) is 15.3 Å². The first-order chi connectivity index (χ1) is 13.6. The van der Waals surface area contributed by atoms with Gasteiger partial charge in [0, 0.05) is 0 Å². The molecule has 3 heteroatoms. The van der Waals surface area contributed by atoms with Crippen LogP contribution in [0.5, 0.6) is 0 Å². The fraction of sp³-hybridized carbons (Fsp3) is 0.846. The third-order valence-electron chi connectivity index (χ3n) is 8.25. The molecule has 0 saturated heterocycles. The Labute approximate surface area is 178 Å². The van der Waals surface area contributed by atoms with E-state index >= 15 is 0 Å². The van der Waals surface area contributed by atoms with Crippen molar-refractivity contribution < 1.29 is 15.3 Å². The molecule has 0 aromatic carbocycles. The van der Waals surface area contributed by atoms with Gasteiger partial charge in [-0.2, -0.15) is 0 Å². The van der Waals surface area contributed by atoms with Crippen molar-refractivity contribution >= 4 is 0 Å². The van der Waals surface area contributed by atoms with Crippen molar-refractivity contribution in [3.8, 4) is 0 Å². The molecule has 3 N–H and O–H groups in total. The number of rotatable bonds is 6. The van der Waals surface area contributed by atoms with Gasteiger partial charge >= 0.3 is 0 Å². The largest absolute Gasteiger partial charge is 0.393 e. The zero-order valence-electron chi connectivity index (χ0n) is 19.2. The second kappa shape index (κ2) is 9.24. The Bertz CT molecular complexity index is 602. The predicted octanol–water partition coefficient (Wildman–Crippen LogP) is 5.54. The van der Waals surface area contributed by atoms with Gasteiger partial charge in [0.2, 0.25) is 0 Å². The van der Waals surface area contributed by atoms with Crippen LogP contribution in [0.1, 0.15) is 98.3 Å². The molecule has 0 aliphatic heterocycles. The molecule has 3 saturated carbocycles. The minimum Gasteiger partial charge on any atom is -0.393 e. The van der Waals surface area contributed by atoms with E-state index in [0.29, 0.717) is 36.5 Å². The van der Waals surface area contributed by atoms with Crippen molar-refractivity contribution in [1.29, 1.82) is 0 Å². The van der Waals surface area contributed by atoms with Gasteiger partial charge in [0.05, 0.1) is 17.8 Å². The van der Waals surface area contributed by atoms with Crippen LogP contribution in [-0.4, -0.2) is 33.1 Å². The molecule has 3 aliphatic rings. The van der Waals surface area contributed by atoms with Gasteiger partial charge in [0.25, 0.3) is 0 Å². The summed E-state index contributed by atoms with van der Waals surface area (Å²) in [6.07, 6.45) is 15.4. The van der Waals surface area contributed by atoms with Gasteiger partial charge < -0.3 is 15.3 Å². The summed E-state index contributed by atoms with van der Waals surface area (Å²) in [7, 11) is 0. The molecule has 29 heavy (non-hydrogen) atoms. The van der Waals surface area contributed by atoms with Crippen LogP contribution in [-0.2, 0) is 0 Å². The van der Waals surface area contributed by atoms with Crippen LogP contribution < -0.4 is 0 Å². The van der Waals surface area contributed by atoms with E-state index < -0.39 is 5.60 Å². The van der Waals surface area contributed by atoms with Gasteiger partial charge in [-0.3, -0.25) is 0 Å². The van der Waals surface area contributed by atoms with Gasteiger partial charge in [0.1, 0.15) is 0 Å². The highest BCUT2D eigenvalue weighted by Gasteiger charge is 2.50. The second-order valence-electron chi connectivity index (χ2n) is 11.3. The Morgan fingerprint density at radius 2 is 1.83 bits per heavy atom. The Morgan fingerprint density at radius 1 is 1.14 bits per heavy atom. The molecule has 0 heterocycles. The Hall–Kier alpha value is -0.640. The van der Waals surface area contributed by atoms with Crippen molar-refractivity contribution in [3.05, 3.63) is 23.3 Å². The lowest BCUT2D eigenvalue weighted by atomic mass is 9.60. The first kappa shape index (κ1) is 23.0. The van der Waals surface area contributed by atoms with Gasteiger partial charge in [-0.15, -0.1) is 0 Å². The SMILES string of the molecule is C[C@H](CCCC(C)(C)O)[C@H]1CC[C@H]2/C(=C/C=C3\CC(O)C[C@H](O)C3)CCC[C@]12C. The summed E-state index contributed by atoms with van der Waals surface area (Å²) in [5, 5.41) is 29.9. The fourth-order valence-electron chi connectivity index (χ4n) is 6.80. The first-order valence-electron chi connectivity index (χ1n) is 12.1. The lowest BCUT2D eigenvalue weighted by molar-refractivity contribution is 0.0591. The monoisotopic (exact) mass is 404 g/mol. The van der Waals surface area contributed by atoms with Crippen molar-refractivity contribution in [2.24, 2.45) is 23.2 Å². The van der Waals surface area contributed by atoms with Crippen molar-refractivity contribution in [2.75, 3.05) is 0 Å². The highest BCUT2D eigenvalue weighted by atomic mass is 16.3. The summed E-state index contributed by atoms with van der Waals surface area (Å²) in [5.74, 6) is 2.19. The van der Waals surface area contributed by atoms with Crippen molar-refractivity contribution in [1.82, 2.24) is 0 Å². The molecule has 166 valence electrons. The molecular formula is C26H44O3. The van der Waals surface area contributed by atoms with Crippen molar-refractivity contribution in [2.45, 2.75) is 116 Å². The maximum Gasteiger partial charge on any atom is 0.0602 e. The average molecular weight is 405 g/mol. The van der Waals surface area contributed by atoms with E-state index in [1.807, 2.05) is 13.8 Å².